The zero-order valence-electron chi connectivity index (χ0n) is 11.3. The minimum Gasteiger partial charge on any atom is -0.493 e. The number of hydrogen-bond acceptors (Lipinski definition) is 3. The molecule has 0 radical (unpaired) electrons. The molecule has 0 saturated carbocycles. The Morgan fingerprint density at radius 1 is 1.48 bits per heavy atom. The fourth-order valence-electron chi connectivity index (χ4n) is 3.16. The van der Waals surface area contributed by atoms with Gasteiger partial charge in [-0.3, -0.25) is 4.90 Å². The highest BCUT2D eigenvalue weighted by Crippen LogP contribution is 2.43. The molecule has 1 aromatic rings. The zero-order valence-corrected chi connectivity index (χ0v) is 13.7. The van der Waals surface area contributed by atoms with Crippen LogP contribution >= 0.6 is 27.5 Å². The van der Waals surface area contributed by atoms with Crippen LogP contribution in [-0.4, -0.2) is 41.8 Å². The van der Waals surface area contributed by atoms with Crippen LogP contribution in [0.3, 0.4) is 0 Å². The Hall–Kier alpha value is -0.980. The highest BCUT2D eigenvalue weighted by molar-refractivity contribution is 9.10. The Morgan fingerprint density at radius 2 is 2.29 bits per heavy atom. The van der Waals surface area contributed by atoms with Gasteiger partial charge in [-0.05, 0) is 18.6 Å². The molecule has 2 N–H and O–H groups in total. The number of carbonyl (C=O) groups is 1. The highest BCUT2D eigenvalue weighted by atomic mass is 79.9. The molecule has 1 saturated heterocycles. The number of likely N-dealkylation sites (tertiary alicyclic amines) is 1. The quantitative estimate of drug-likeness (QED) is 0.833. The van der Waals surface area contributed by atoms with E-state index >= 15 is 0 Å². The van der Waals surface area contributed by atoms with E-state index in [4.69, 9.17) is 21.4 Å². The Labute approximate surface area is 136 Å². The fourth-order valence-corrected chi connectivity index (χ4v) is 4.06. The van der Waals surface area contributed by atoms with E-state index in [1.807, 2.05) is 12.1 Å². The summed E-state index contributed by atoms with van der Waals surface area (Å²) in [5, 5.41) is 12.1. The van der Waals surface area contributed by atoms with Crippen molar-refractivity contribution < 1.29 is 14.6 Å². The average molecular weight is 376 g/mol. The second kappa shape index (κ2) is 6.02. The van der Waals surface area contributed by atoms with Gasteiger partial charge in [-0.25, -0.2) is 4.79 Å². The van der Waals surface area contributed by atoms with Crippen LogP contribution in [0.15, 0.2) is 16.6 Å². The van der Waals surface area contributed by atoms with Gasteiger partial charge in [0.25, 0.3) is 0 Å². The number of halogens is 2. The third-order valence-corrected chi connectivity index (χ3v) is 4.80. The Kier molecular flexibility index (Phi) is 4.28. The summed E-state index contributed by atoms with van der Waals surface area (Å²) in [7, 11) is 0. The summed E-state index contributed by atoms with van der Waals surface area (Å²) in [4.78, 5) is 13.0. The van der Waals surface area contributed by atoms with Crippen molar-refractivity contribution in [2.24, 2.45) is 0 Å². The maximum Gasteiger partial charge on any atom is 0.404 e. The predicted octanol–water partition coefficient (Wildman–Crippen LogP) is 3.27. The lowest BCUT2D eigenvalue weighted by molar-refractivity contribution is 0.160. The summed E-state index contributed by atoms with van der Waals surface area (Å²) in [6, 6.07) is 4.00. The summed E-state index contributed by atoms with van der Waals surface area (Å²) in [6.07, 6.45) is 0.734. The number of carboxylic acid groups (broad SMARTS) is 1. The number of benzene rings is 1. The maximum absolute atomic E-state index is 10.8. The SMILES string of the molecule is O=C(O)N[C@@H]1CCN([C@H]2CCOc3cc(Br)cc(Cl)c32)C1. The van der Waals surface area contributed by atoms with Crippen LogP contribution in [0.4, 0.5) is 4.79 Å². The number of rotatable bonds is 2. The first-order valence-corrected chi connectivity index (χ1v) is 8.07. The minimum absolute atomic E-state index is 0.0111. The van der Waals surface area contributed by atoms with Crippen molar-refractivity contribution in [1.29, 1.82) is 0 Å². The van der Waals surface area contributed by atoms with Crippen molar-refractivity contribution in [2.45, 2.75) is 24.9 Å². The molecule has 2 atom stereocenters. The molecule has 7 heteroatoms. The second-order valence-electron chi connectivity index (χ2n) is 5.38. The van der Waals surface area contributed by atoms with E-state index in [2.05, 4.69) is 26.1 Å². The number of fused-ring (bicyclic) bond motifs is 1. The van der Waals surface area contributed by atoms with E-state index < -0.39 is 6.09 Å². The van der Waals surface area contributed by atoms with Crippen LogP contribution in [-0.2, 0) is 0 Å². The van der Waals surface area contributed by atoms with Gasteiger partial charge >= 0.3 is 6.09 Å². The highest BCUT2D eigenvalue weighted by Gasteiger charge is 2.34. The first kappa shape index (κ1) is 14.9. The number of nitrogens with zero attached hydrogens (tertiary/aromatic N) is 1. The van der Waals surface area contributed by atoms with Crippen molar-refractivity contribution >= 4 is 33.6 Å². The molecule has 1 fully saturated rings. The normalized spacial score (nSPS) is 25.2. The topological polar surface area (TPSA) is 61.8 Å². The smallest absolute Gasteiger partial charge is 0.404 e. The monoisotopic (exact) mass is 374 g/mol. The maximum atomic E-state index is 10.8. The van der Waals surface area contributed by atoms with Crippen molar-refractivity contribution in [3.8, 4) is 5.75 Å². The summed E-state index contributed by atoms with van der Waals surface area (Å²) in [6.45, 7) is 2.22. The van der Waals surface area contributed by atoms with Gasteiger partial charge in [-0.1, -0.05) is 27.5 Å². The molecule has 2 aliphatic rings. The molecule has 0 spiro atoms. The summed E-state index contributed by atoms with van der Waals surface area (Å²) in [5.74, 6) is 0.820. The summed E-state index contributed by atoms with van der Waals surface area (Å²) >= 11 is 9.82. The predicted molar refractivity (Wildman–Crippen MR) is 83.1 cm³/mol. The molecule has 2 aliphatic heterocycles. The van der Waals surface area contributed by atoms with Gasteiger partial charge in [0.1, 0.15) is 5.75 Å². The van der Waals surface area contributed by atoms with Crippen molar-refractivity contribution in [3.63, 3.8) is 0 Å². The zero-order chi connectivity index (χ0) is 15.0. The fraction of sp³-hybridized carbons (Fsp3) is 0.500. The molecule has 1 amide bonds. The molecule has 114 valence electrons. The van der Waals surface area contributed by atoms with Gasteiger partial charge in [0.2, 0.25) is 0 Å². The number of hydrogen-bond donors (Lipinski definition) is 2. The summed E-state index contributed by atoms with van der Waals surface area (Å²) in [5.41, 5.74) is 1.02. The van der Waals surface area contributed by atoms with Gasteiger partial charge in [0, 0.05) is 41.6 Å². The van der Waals surface area contributed by atoms with Crippen molar-refractivity contribution in [2.75, 3.05) is 19.7 Å². The van der Waals surface area contributed by atoms with Crippen LogP contribution in [0.25, 0.3) is 0 Å². The van der Waals surface area contributed by atoms with E-state index in [0.29, 0.717) is 18.2 Å². The standard InChI is InChI=1S/C14H16BrClN2O3/c15-8-5-10(16)13-11(2-4-21-12(13)6-8)18-3-1-9(7-18)17-14(19)20/h5-6,9,11,17H,1-4,7H2,(H,19,20)/t9-,11+/m1/s1. The van der Waals surface area contributed by atoms with E-state index in [1.54, 1.807) is 0 Å². The Bertz CT molecular complexity index is 569. The molecule has 21 heavy (non-hydrogen) atoms. The molecule has 5 nitrogen and oxygen atoms in total. The number of ether oxygens (including phenoxy) is 1. The molecule has 1 aromatic carbocycles. The number of amides is 1. The van der Waals surface area contributed by atoms with Gasteiger partial charge in [0.15, 0.2) is 0 Å². The van der Waals surface area contributed by atoms with Gasteiger partial charge in [-0.2, -0.15) is 0 Å². The molecule has 2 heterocycles. The lowest BCUT2D eigenvalue weighted by atomic mass is 9.99. The lowest BCUT2D eigenvalue weighted by Crippen LogP contribution is -2.38. The minimum atomic E-state index is -0.962. The largest absolute Gasteiger partial charge is 0.493 e. The van der Waals surface area contributed by atoms with Crippen LogP contribution in [0.2, 0.25) is 5.02 Å². The lowest BCUT2D eigenvalue weighted by Gasteiger charge is -2.34. The first-order chi connectivity index (χ1) is 10.0. The molecule has 0 unspecified atom stereocenters. The average Bonchev–Trinajstić information content (AvgIpc) is 2.85. The Morgan fingerprint density at radius 3 is 3.05 bits per heavy atom. The number of nitrogens with one attached hydrogen (secondary N) is 1. The van der Waals surface area contributed by atoms with Crippen molar-refractivity contribution in [1.82, 2.24) is 10.2 Å². The second-order valence-corrected chi connectivity index (χ2v) is 6.71. The third-order valence-electron chi connectivity index (χ3n) is 4.03. The first-order valence-electron chi connectivity index (χ1n) is 6.90. The molecule has 0 bridgehead atoms. The Balaban J connectivity index is 1.81. The van der Waals surface area contributed by atoms with E-state index in [9.17, 15) is 4.79 Å². The van der Waals surface area contributed by atoms with Crippen LogP contribution in [0.1, 0.15) is 24.4 Å². The van der Waals surface area contributed by atoms with E-state index in [1.165, 1.54) is 0 Å². The van der Waals surface area contributed by atoms with Crippen LogP contribution in [0.5, 0.6) is 5.75 Å². The third kappa shape index (κ3) is 3.12. The van der Waals surface area contributed by atoms with Crippen LogP contribution in [0, 0.1) is 0 Å². The van der Waals surface area contributed by atoms with Gasteiger partial charge in [-0.15, -0.1) is 0 Å². The molecule has 0 aliphatic carbocycles. The van der Waals surface area contributed by atoms with Crippen molar-refractivity contribution in [3.05, 3.63) is 27.2 Å². The van der Waals surface area contributed by atoms with Gasteiger partial charge < -0.3 is 15.2 Å². The van der Waals surface area contributed by atoms with E-state index in [0.717, 1.165) is 35.2 Å². The molecule has 0 aromatic heterocycles. The molecular formula is C14H16BrClN2O3. The molecular weight excluding hydrogens is 360 g/mol. The van der Waals surface area contributed by atoms with Crippen LogP contribution < -0.4 is 10.1 Å². The summed E-state index contributed by atoms with van der Waals surface area (Å²) < 4.78 is 6.62. The molecule has 3 rings (SSSR count). The van der Waals surface area contributed by atoms with E-state index in [-0.39, 0.29) is 12.1 Å². The van der Waals surface area contributed by atoms with Gasteiger partial charge in [0.05, 0.1) is 11.6 Å².